The maximum Gasteiger partial charge on any atom is 0.332 e. The third-order valence-electron chi connectivity index (χ3n) is 6.37. The smallest absolute Gasteiger partial charge is 0.332 e. The number of piperidine rings is 1. The summed E-state index contributed by atoms with van der Waals surface area (Å²) in [5.74, 6) is -0.0952. The summed E-state index contributed by atoms with van der Waals surface area (Å²) >= 11 is 7.58. The first-order valence-electron chi connectivity index (χ1n) is 11.8. The molecule has 0 spiro atoms. The van der Waals surface area contributed by atoms with E-state index in [0.717, 1.165) is 35.8 Å². The van der Waals surface area contributed by atoms with Crippen LogP contribution >= 0.6 is 23.4 Å². The van der Waals surface area contributed by atoms with Gasteiger partial charge in [0.1, 0.15) is 5.75 Å². The first kappa shape index (κ1) is 24.9. The lowest BCUT2D eigenvalue weighted by Gasteiger charge is -2.41. The van der Waals surface area contributed by atoms with Crippen molar-refractivity contribution >= 4 is 40.9 Å². The molecule has 34 heavy (non-hydrogen) atoms. The zero-order valence-corrected chi connectivity index (χ0v) is 21.3. The van der Waals surface area contributed by atoms with Crippen molar-refractivity contribution in [1.82, 2.24) is 4.90 Å². The van der Waals surface area contributed by atoms with Crippen LogP contribution in [0.3, 0.4) is 0 Å². The molecule has 2 aliphatic rings. The van der Waals surface area contributed by atoms with Gasteiger partial charge in [-0.1, -0.05) is 41.9 Å². The van der Waals surface area contributed by atoms with E-state index in [1.165, 1.54) is 31.0 Å². The molecular weight excluding hydrogens is 472 g/mol. The molecule has 1 fully saturated rings. The molecule has 0 saturated carbocycles. The van der Waals surface area contributed by atoms with Crippen LogP contribution in [0.2, 0.25) is 5.02 Å². The molecule has 2 aliphatic heterocycles. The minimum absolute atomic E-state index is 0.193. The fourth-order valence-corrected chi connectivity index (χ4v) is 6.29. The Labute approximate surface area is 210 Å². The predicted molar refractivity (Wildman–Crippen MR) is 136 cm³/mol. The number of carbonyl (C=O) groups excluding carboxylic acids is 2. The molecule has 2 aromatic rings. The second-order valence-corrected chi connectivity index (χ2v) is 10.4. The number of likely N-dealkylation sites (tertiary alicyclic amines) is 1. The maximum absolute atomic E-state index is 14.2. The van der Waals surface area contributed by atoms with Crippen LogP contribution in [0.15, 0.2) is 47.4 Å². The van der Waals surface area contributed by atoms with E-state index >= 15 is 0 Å². The van der Waals surface area contributed by atoms with E-state index in [-0.39, 0.29) is 18.9 Å². The number of benzene rings is 2. The molecule has 0 N–H and O–H groups in total. The highest BCUT2D eigenvalue weighted by Gasteiger charge is 2.54. The van der Waals surface area contributed by atoms with Crippen LogP contribution in [0.1, 0.15) is 31.7 Å². The van der Waals surface area contributed by atoms with Gasteiger partial charge in [0.25, 0.3) is 5.91 Å². The number of nitrogens with zero attached hydrogens (tertiary/aromatic N) is 2. The van der Waals surface area contributed by atoms with E-state index in [1.807, 2.05) is 36.4 Å². The summed E-state index contributed by atoms with van der Waals surface area (Å²) in [4.78, 5) is 32.6. The number of carbonyl (C=O) groups is 2. The summed E-state index contributed by atoms with van der Waals surface area (Å²) in [6.07, 6.45) is 3.81. The van der Waals surface area contributed by atoms with E-state index in [4.69, 9.17) is 21.1 Å². The predicted octanol–water partition coefficient (Wildman–Crippen LogP) is 4.82. The van der Waals surface area contributed by atoms with Crippen molar-refractivity contribution < 1.29 is 19.1 Å². The van der Waals surface area contributed by atoms with Crippen LogP contribution in [0.4, 0.5) is 5.69 Å². The van der Waals surface area contributed by atoms with Gasteiger partial charge in [-0.15, -0.1) is 0 Å². The van der Waals surface area contributed by atoms with Crippen molar-refractivity contribution in [2.75, 3.05) is 44.8 Å². The minimum atomic E-state index is -1.44. The van der Waals surface area contributed by atoms with Gasteiger partial charge in [-0.3, -0.25) is 4.79 Å². The molecule has 0 aromatic heterocycles. The lowest BCUT2D eigenvalue weighted by Crippen LogP contribution is -2.57. The summed E-state index contributed by atoms with van der Waals surface area (Å²) < 4.78 is 9.42. The summed E-state index contributed by atoms with van der Waals surface area (Å²) in [5, 5.41) is 0.565. The van der Waals surface area contributed by atoms with E-state index in [1.54, 1.807) is 25.0 Å². The molecule has 0 bridgehead atoms. The molecule has 1 atom stereocenters. The highest BCUT2D eigenvalue weighted by Crippen LogP contribution is 2.48. The number of ether oxygens (including phenoxy) is 2. The van der Waals surface area contributed by atoms with Gasteiger partial charge in [-0.25, -0.2) is 4.79 Å². The average molecular weight is 503 g/mol. The number of esters is 1. The molecule has 2 aromatic carbocycles. The molecule has 6 nitrogen and oxygen atoms in total. The number of methoxy groups -OCH3 is 1. The Morgan fingerprint density at radius 2 is 1.91 bits per heavy atom. The van der Waals surface area contributed by atoms with Crippen molar-refractivity contribution in [2.45, 2.75) is 42.2 Å². The van der Waals surface area contributed by atoms with Gasteiger partial charge in [0, 0.05) is 29.4 Å². The fraction of sp³-hybridized carbons (Fsp3) is 0.462. The van der Waals surface area contributed by atoms with Gasteiger partial charge in [0.15, 0.2) is 0 Å². The zero-order valence-electron chi connectivity index (χ0n) is 19.7. The van der Waals surface area contributed by atoms with Crippen LogP contribution in [0.25, 0.3) is 0 Å². The fourth-order valence-electron chi connectivity index (χ4n) is 4.63. The van der Waals surface area contributed by atoms with Gasteiger partial charge < -0.3 is 19.3 Å². The first-order valence-corrected chi connectivity index (χ1v) is 13.0. The van der Waals surface area contributed by atoms with Crippen molar-refractivity contribution in [3.05, 3.63) is 53.1 Å². The Kier molecular flexibility index (Phi) is 8.06. The quantitative estimate of drug-likeness (QED) is 0.381. The minimum Gasteiger partial charge on any atom is -0.497 e. The van der Waals surface area contributed by atoms with Crippen molar-refractivity contribution in [3.63, 3.8) is 0 Å². The van der Waals surface area contributed by atoms with Gasteiger partial charge in [0.2, 0.25) is 4.75 Å². The van der Waals surface area contributed by atoms with Gasteiger partial charge in [0.05, 0.1) is 19.4 Å². The number of fused-ring (bicyclic) bond motifs is 1. The van der Waals surface area contributed by atoms with E-state index in [2.05, 4.69) is 4.90 Å². The summed E-state index contributed by atoms with van der Waals surface area (Å²) in [5.41, 5.74) is 1.62. The number of halogens is 1. The highest BCUT2D eigenvalue weighted by molar-refractivity contribution is 8.02. The van der Waals surface area contributed by atoms with Crippen LogP contribution in [-0.2, 0) is 20.7 Å². The van der Waals surface area contributed by atoms with Crippen LogP contribution < -0.4 is 9.64 Å². The molecule has 4 rings (SSSR count). The van der Waals surface area contributed by atoms with Crippen LogP contribution in [0.5, 0.6) is 5.75 Å². The molecular formula is C26H31ClN2O4S. The van der Waals surface area contributed by atoms with Crippen molar-refractivity contribution in [3.8, 4) is 5.75 Å². The van der Waals surface area contributed by atoms with Crippen molar-refractivity contribution in [2.24, 2.45) is 0 Å². The normalized spacial score (nSPS) is 20.7. The third-order valence-corrected chi connectivity index (χ3v) is 7.98. The number of rotatable bonds is 8. The van der Waals surface area contributed by atoms with Gasteiger partial charge in [-0.05, 0) is 68.8 Å². The summed E-state index contributed by atoms with van der Waals surface area (Å²) in [7, 11) is 1.60. The number of amides is 1. The number of anilines is 1. The van der Waals surface area contributed by atoms with Crippen LogP contribution in [-0.4, -0.2) is 61.4 Å². The lowest BCUT2D eigenvalue weighted by molar-refractivity contribution is -0.149. The van der Waals surface area contributed by atoms with Crippen LogP contribution in [0, 0.1) is 0 Å². The molecule has 0 radical (unpaired) electrons. The summed E-state index contributed by atoms with van der Waals surface area (Å²) in [6.45, 7) is 5.30. The zero-order chi connectivity index (χ0) is 24.1. The highest BCUT2D eigenvalue weighted by atomic mass is 35.5. The Bertz CT molecular complexity index is 1040. The maximum atomic E-state index is 14.2. The SMILES string of the molecule is CCOC(=O)C1(Cc2cccc(OC)c2)Sc2cc(Cl)ccc2N(CCN2CCCCC2)C1=O. The molecule has 2 heterocycles. The van der Waals surface area contributed by atoms with E-state index in [0.29, 0.717) is 17.3 Å². The molecule has 182 valence electrons. The largest absolute Gasteiger partial charge is 0.497 e. The Hall–Kier alpha value is -2.22. The lowest BCUT2D eigenvalue weighted by atomic mass is 9.95. The molecule has 0 aliphatic carbocycles. The first-order chi connectivity index (χ1) is 16.5. The second-order valence-electron chi connectivity index (χ2n) is 8.65. The van der Waals surface area contributed by atoms with E-state index in [9.17, 15) is 9.59 Å². The Morgan fingerprint density at radius 1 is 1.12 bits per heavy atom. The topological polar surface area (TPSA) is 59.1 Å². The number of thioether (sulfide) groups is 1. The Morgan fingerprint density at radius 3 is 2.65 bits per heavy atom. The molecule has 1 unspecified atom stereocenters. The molecule has 1 amide bonds. The molecule has 8 heteroatoms. The number of hydrogen-bond acceptors (Lipinski definition) is 6. The average Bonchev–Trinajstić information content (AvgIpc) is 2.85. The molecule has 1 saturated heterocycles. The standard InChI is InChI=1S/C26H31ClN2O4S/c1-3-33-25(31)26(18-19-8-7-9-21(16-19)32-2)24(30)29(15-14-28-12-5-4-6-13-28)22-11-10-20(27)17-23(22)34-26/h7-11,16-17H,3-6,12-15,18H2,1-2H3. The second kappa shape index (κ2) is 11.0. The van der Waals surface area contributed by atoms with Crippen molar-refractivity contribution in [1.29, 1.82) is 0 Å². The monoisotopic (exact) mass is 502 g/mol. The Balaban J connectivity index is 1.73. The number of hydrogen-bond donors (Lipinski definition) is 0. The van der Waals surface area contributed by atoms with Gasteiger partial charge >= 0.3 is 5.97 Å². The summed E-state index contributed by atoms with van der Waals surface area (Å²) in [6, 6.07) is 13.0. The van der Waals surface area contributed by atoms with Gasteiger partial charge in [-0.2, -0.15) is 0 Å². The third kappa shape index (κ3) is 5.21. The van der Waals surface area contributed by atoms with E-state index < -0.39 is 10.7 Å².